The first-order chi connectivity index (χ1) is 7.03. The molecule has 2 saturated heterocycles. The molecule has 2 N–H and O–H groups in total. The van der Waals surface area contributed by atoms with Crippen LogP contribution in [0.1, 0.15) is 6.42 Å². The number of carbonyl (C=O) groups is 1. The molecule has 4 nitrogen and oxygen atoms in total. The van der Waals surface area contributed by atoms with Gasteiger partial charge in [0.25, 0.3) is 5.92 Å². The lowest BCUT2D eigenvalue weighted by atomic mass is 10.0. The van der Waals surface area contributed by atoms with Crippen molar-refractivity contribution in [2.24, 2.45) is 5.92 Å². The Morgan fingerprint density at radius 2 is 2.20 bits per heavy atom. The Morgan fingerprint density at radius 1 is 1.53 bits per heavy atom. The number of amides is 1. The van der Waals surface area contributed by atoms with Gasteiger partial charge in [-0.05, 0) is 0 Å². The molecule has 6 heteroatoms. The topological polar surface area (TPSA) is 52.6 Å². The Morgan fingerprint density at radius 3 is 2.67 bits per heavy atom. The largest absolute Gasteiger partial charge is 0.394 e. The molecule has 0 unspecified atom stereocenters. The molecular formula is C9H14F2N2O2. The van der Waals surface area contributed by atoms with Gasteiger partial charge in [-0.25, -0.2) is 8.78 Å². The second-order valence-electron chi connectivity index (χ2n) is 4.22. The zero-order valence-corrected chi connectivity index (χ0v) is 8.25. The number of hydrogen-bond acceptors (Lipinski definition) is 3. The Kier molecular flexibility index (Phi) is 2.64. The molecule has 1 atom stereocenters. The smallest absolute Gasteiger partial charge is 0.267 e. The minimum absolute atomic E-state index is 0.187. The first-order valence-electron chi connectivity index (χ1n) is 5.03. The highest BCUT2D eigenvalue weighted by molar-refractivity contribution is 5.81. The lowest BCUT2D eigenvalue weighted by molar-refractivity contribution is -0.139. The number of halogens is 2. The third-order valence-electron chi connectivity index (χ3n) is 3.00. The van der Waals surface area contributed by atoms with Crippen molar-refractivity contribution in [1.82, 2.24) is 10.2 Å². The average Bonchev–Trinajstić information content (AvgIpc) is 2.38. The van der Waals surface area contributed by atoms with Crippen molar-refractivity contribution in [2.75, 3.05) is 26.2 Å². The van der Waals surface area contributed by atoms with Crippen LogP contribution in [-0.4, -0.2) is 54.1 Å². The summed E-state index contributed by atoms with van der Waals surface area (Å²) in [6.45, 7) is 0.174. The fraction of sp³-hybridized carbons (Fsp3) is 0.889. The van der Waals surface area contributed by atoms with Crippen molar-refractivity contribution < 1.29 is 18.7 Å². The SMILES string of the molecule is O=C(C1CNC1)N1CC(F)(F)C[C@H]1CO. The summed E-state index contributed by atoms with van der Waals surface area (Å²) < 4.78 is 26.1. The summed E-state index contributed by atoms with van der Waals surface area (Å²) in [6, 6.07) is -0.715. The van der Waals surface area contributed by atoms with Gasteiger partial charge >= 0.3 is 0 Å². The van der Waals surface area contributed by atoms with Crippen molar-refractivity contribution in [1.29, 1.82) is 0 Å². The number of alkyl halides is 2. The summed E-state index contributed by atoms with van der Waals surface area (Å²) >= 11 is 0. The monoisotopic (exact) mass is 220 g/mol. The van der Waals surface area contributed by atoms with E-state index in [-0.39, 0.29) is 18.4 Å². The molecule has 0 radical (unpaired) electrons. The summed E-state index contributed by atoms with van der Waals surface area (Å²) in [5.74, 6) is -3.29. The number of nitrogens with zero attached hydrogens (tertiary/aromatic N) is 1. The first-order valence-corrected chi connectivity index (χ1v) is 5.03. The van der Waals surface area contributed by atoms with Gasteiger partial charge < -0.3 is 15.3 Å². The first kappa shape index (κ1) is 10.8. The Labute approximate surface area is 86.2 Å². The van der Waals surface area contributed by atoms with E-state index in [1.165, 1.54) is 0 Å². The van der Waals surface area contributed by atoms with Gasteiger partial charge in [-0.15, -0.1) is 0 Å². The minimum atomic E-state index is -2.85. The van der Waals surface area contributed by atoms with Gasteiger partial charge in [-0.1, -0.05) is 0 Å². The van der Waals surface area contributed by atoms with Gasteiger partial charge in [0.1, 0.15) is 0 Å². The van der Waals surface area contributed by atoms with Crippen molar-refractivity contribution >= 4 is 5.91 Å². The lowest BCUT2D eigenvalue weighted by Gasteiger charge is -2.32. The molecule has 2 heterocycles. The fourth-order valence-corrected chi connectivity index (χ4v) is 2.02. The molecule has 2 rings (SSSR count). The lowest BCUT2D eigenvalue weighted by Crippen LogP contribution is -2.53. The molecule has 0 aromatic rings. The molecule has 15 heavy (non-hydrogen) atoms. The molecule has 86 valence electrons. The van der Waals surface area contributed by atoms with Crippen LogP contribution in [0.5, 0.6) is 0 Å². The minimum Gasteiger partial charge on any atom is -0.394 e. The number of nitrogens with one attached hydrogen (secondary N) is 1. The summed E-state index contributed by atoms with van der Waals surface area (Å²) in [7, 11) is 0. The summed E-state index contributed by atoms with van der Waals surface area (Å²) in [5.41, 5.74) is 0. The van der Waals surface area contributed by atoms with Crippen LogP contribution in [0.3, 0.4) is 0 Å². The summed E-state index contributed by atoms with van der Waals surface area (Å²) in [6.07, 6.45) is -0.421. The number of rotatable bonds is 2. The quantitative estimate of drug-likeness (QED) is 0.655. The predicted octanol–water partition coefficient (Wildman–Crippen LogP) is -0.566. The van der Waals surface area contributed by atoms with E-state index >= 15 is 0 Å². The number of hydrogen-bond donors (Lipinski definition) is 2. The maximum absolute atomic E-state index is 13.1. The van der Waals surface area contributed by atoms with E-state index in [9.17, 15) is 13.6 Å². The van der Waals surface area contributed by atoms with E-state index in [1.54, 1.807) is 0 Å². The molecule has 0 aliphatic carbocycles. The molecule has 2 fully saturated rings. The maximum atomic E-state index is 13.1. The highest BCUT2D eigenvalue weighted by Crippen LogP contribution is 2.32. The molecule has 2 aliphatic rings. The maximum Gasteiger partial charge on any atom is 0.267 e. The van der Waals surface area contributed by atoms with Crippen molar-refractivity contribution in [2.45, 2.75) is 18.4 Å². The number of aliphatic hydroxyl groups excluding tert-OH is 1. The Hall–Kier alpha value is -0.750. The van der Waals surface area contributed by atoms with Gasteiger partial charge in [0.15, 0.2) is 0 Å². The molecular weight excluding hydrogens is 206 g/mol. The van der Waals surface area contributed by atoms with Gasteiger partial charge in [-0.3, -0.25) is 4.79 Å². The molecule has 0 bridgehead atoms. The van der Waals surface area contributed by atoms with Crippen LogP contribution >= 0.6 is 0 Å². The van der Waals surface area contributed by atoms with Crippen LogP contribution in [0.4, 0.5) is 8.78 Å². The molecule has 2 aliphatic heterocycles. The van der Waals surface area contributed by atoms with Gasteiger partial charge in [0.05, 0.1) is 25.1 Å². The zero-order chi connectivity index (χ0) is 11.1. The molecule has 0 spiro atoms. The van der Waals surface area contributed by atoms with Gasteiger partial charge in [0, 0.05) is 19.5 Å². The normalized spacial score (nSPS) is 30.3. The standard InChI is InChI=1S/C9H14F2N2O2/c10-9(11)1-7(4-14)13(5-9)8(15)6-2-12-3-6/h6-7,12,14H,1-5H2/t7-/m0/s1. The second-order valence-corrected chi connectivity index (χ2v) is 4.22. The van der Waals surface area contributed by atoms with Crippen LogP contribution in [0, 0.1) is 5.92 Å². The van der Waals surface area contributed by atoms with E-state index in [4.69, 9.17) is 5.11 Å². The molecule has 0 saturated carbocycles. The molecule has 1 amide bonds. The van der Waals surface area contributed by atoms with Crippen LogP contribution < -0.4 is 5.32 Å². The summed E-state index contributed by atoms with van der Waals surface area (Å²) in [4.78, 5) is 12.9. The predicted molar refractivity (Wildman–Crippen MR) is 48.5 cm³/mol. The molecule has 0 aromatic carbocycles. The second kappa shape index (κ2) is 3.68. The van der Waals surface area contributed by atoms with Crippen LogP contribution in [0.2, 0.25) is 0 Å². The Bertz CT molecular complexity index is 269. The van der Waals surface area contributed by atoms with E-state index in [1.807, 2.05) is 0 Å². The van der Waals surface area contributed by atoms with Crippen molar-refractivity contribution in [3.8, 4) is 0 Å². The summed E-state index contributed by atoms with van der Waals surface area (Å²) in [5, 5.41) is 11.9. The van der Waals surface area contributed by atoms with E-state index in [0.717, 1.165) is 4.90 Å². The highest BCUT2D eigenvalue weighted by atomic mass is 19.3. The van der Waals surface area contributed by atoms with E-state index < -0.39 is 24.9 Å². The van der Waals surface area contributed by atoms with Gasteiger partial charge in [-0.2, -0.15) is 0 Å². The Balaban J connectivity index is 2.03. The third-order valence-corrected chi connectivity index (χ3v) is 3.00. The number of aliphatic hydroxyl groups is 1. The van der Waals surface area contributed by atoms with Crippen LogP contribution in [-0.2, 0) is 4.79 Å². The average molecular weight is 220 g/mol. The van der Waals surface area contributed by atoms with E-state index in [2.05, 4.69) is 5.32 Å². The molecule has 0 aromatic heterocycles. The van der Waals surface area contributed by atoms with E-state index in [0.29, 0.717) is 13.1 Å². The van der Waals surface area contributed by atoms with Crippen molar-refractivity contribution in [3.63, 3.8) is 0 Å². The highest BCUT2D eigenvalue weighted by Gasteiger charge is 2.48. The number of likely N-dealkylation sites (tertiary alicyclic amines) is 1. The third kappa shape index (κ3) is 1.96. The van der Waals surface area contributed by atoms with Gasteiger partial charge in [0.2, 0.25) is 5.91 Å². The zero-order valence-electron chi connectivity index (χ0n) is 8.25. The van der Waals surface area contributed by atoms with Crippen LogP contribution in [0.25, 0.3) is 0 Å². The fourth-order valence-electron chi connectivity index (χ4n) is 2.02. The van der Waals surface area contributed by atoms with Crippen LogP contribution in [0.15, 0.2) is 0 Å². The van der Waals surface area contributed by atoms with Crippen molar-refractivity contribution in [3.05, 3.63) is 0 Å². The number of carbonyl (C=O) groups excluding carboxylic acids is 1.